The molecule has 1 aromatic rings. The van der Waals surface area contributed by atoms with E-state index in [0.29, 0.717) is 4.90 Å². The summed E-state index contributed by atoms with van der Waals surface area (Å²) in [4.78, 5) is 0.291. The zero-order chi connectivity index (χ0) is 13.8. The van der Waals surface area contributed by atoms with E-state index in [1.807, 2.05) is 20.8 Å². The molecular weight excluding hydrogens is 248 g/mol. The van der Waals surface area contributed by atoms with E-state index in [0.717, 1.165) is 18.4 Å². The summed E-state index contributed by atoms with van der Waals surface area (Å²) < 4.78 is 26.9. The van der Waals surface area contributed by atoms with Gasteiger partial charge in [-0.25, -0.2) is 13.1 Å². The zero-order valence-corrected chi connectivity index (χ0v) is 12.0. The molecule has 1 unspecified atom stereocenters. The van der Waals surface area contributed by atoms with Gasteiger partial charge in [0.05, 0.1) is 4.90 Å². The second-order valence-electron chi connectivity index (χ2n) is 4.49. The van der Waals surface area contributed by atoms with Crippen LogP contribution in [0, 0.1) is 0 Å². The first kappa shape index (κ1) is 15.1. The molecule has 0 saturated carbocycles. The number of nitrogens with one attached hydrogen (secondary N) is 1. The van der Waals surface area contributed by atoms with Crippen LogP contribution < -0.4 is 10.5 Å². The van der Waals surface area contributed by atoms with E-state index in [2.05, 4.69) is 4.72 Å². The predicted octanol–water partition coefficient (Wildman–Crippen LogP) is 2.17. The van der Waals surface area contributed by atoms with Crippen molar-refractivity contribution >= 4 is 10.0 Å². The number of benzene rings is 1. The van der Waals surface area contributed by atoms with Crippen LogP contribution in [0.25, 0.3) is 0 Å². The van der Waals surface area contributed by atoms with Crippen molar-refractivity contribution in [1.82, 2.24) is 4.72 Å². The van der Waals surface area contributed by atoms with Crippen molar-refractivity contribution in [2.24, 2.45) is 5.73 Å². The molecule has 0 aliphatic carbocycles. The van der Waals surface area contributed by atoms with E-state index in [1.54, 1.807) is 24.3 Å². The van der Waals surface area contributed by atoms with Gasteiger partial charge in [0.25, 0.3) is 0 Å². The first-order chi connectivity index (χ1) is 8.40. The first-order valence-electron chi connectivity index (χ1n) is 6.28. The molecule has 102 valence electrons. The van der Waals surface area contributed by atoms with Gasteiger partial charge >= 0.3 is 0 Å². The van der Waals surface area contributed by atoms with Gasteiger partial charge in [0, 0.05) is 12.1 Å². The largest absolute Gasteiger partial charge is 0.324 e. The second-order valence-corrected chi connectivity index (χ2v) is 6.21. The van der Waals surface area contributed by atoms with Crippen molar-refractivity contribution in [3.63, 3.8) is 0 Å². The minimum Gasteiger partial charge on any atom is -0.324 e. The summed E-state index contributed by atoms with van der Waals surface area (Å²) in [5, 5.41) is 0. The van der Waals surface area contributed by atoms with Gasteiger partial charge in [-0.15, -0.1) is 0 Å². The monoisotopic (exact) mass is 270 g/mol. The Labute approximate surface area is 110 Å². The van der Waals surface area contributed by atoms with E-state index in [1.165, 1.54) is 0 Å². The minimum absolute atomic E-state index is 0.0110. The lowest BCUT2D eigenvalue weighted by atomic mass is 10.1. The van der Waals surface area contributed by atoms with Crippen LogP contribution in [-0.4, -0.2) is 14.5 Å². The number of rotatable bonds is 6. The third kappa shape index (κ3) is 3.80. The molecular formula is C13H22N2O2S. The van der Waals surface area contributed by atoms with Crippen LogP contribution in [0.2, 0.25) is 0 Å². The fraction of sp³-hybridized carbons (Fsp3) is 0.538. The fourth-order valence-corrected chi connectivity index (χ4v) is 3.10. The summed E-state index contributed by atoms with van der Waals surface area (Å²) in [5.41, 5.74) is 6.66. The molecule has 0 aliphatic heterocycles. The maximum Gasteiger partial charge on any atom is 0.240 e. The van der Waals surface area contributed by atoms with Gasteiger partial charge in [0.2, 0.25) is 10.0 Å². The Morgan fingerprint density at radius 2 is 1.67 bits per heavy atom. The van der Waals surface area contributed by atoms with Crippen molar-refractivity contribution in [2.75, 3.05) is 0 Å². The molecule has 0 bridgehead atoms. The highest BCUT2D eigenvalue weighted by molar-refractivity contribution is 7.89. The number of hydrogen-bond donors (Lipinski definition) is 2. The highest BCUT2D eigenvalue weighted by Crippen LogP contribution is 2.15. The van der Waals surface area contributed by atoms with E-state index in [4.69, 9.17) is 5.73 Å². The Morgan fingerprint density at radius 3 is 2.06 bits per heavy atom. The summed E-state index contributed by atoms with van der Waals surface area (Å²) in [6.07, 6.45) is 1.57. The van der Waals surface area contributed by atoms with Crippen molar-refractivity contribution in [1.29, 1.82) is 0 Å². The van der Waals surface area contributed by atoms with Crippen molar-refractivity contribution in [3.05, 3.63) is 29.8 Å². The average molecular weight is 270 g/mol. The molecule has 5 heteroatoms. The fourth-order valence-electron chi connectivity index (χ4n) is 1.69. The van der Waals surface area contributed by atoms with Crippen molar-refractivity contribution in [3.8, 4) is 0 Å². The van der Waals surface area contributed by atoms with Gasteiger partial charge in [-0.2, -0.15) is 0 Å². The van der Waals surface area contributed by atoms with Crippen LogP contribution in [0.3, 0.4) is 0 Å². The Morgan fingerprint density at radius 1 is 1.17 bits per heavy atom. The molecule has 0 spiro atoms. The summed E-state index contributed by atoms with van der Waals surface area (Å²) in [7, 11) is -3.42. The molecule has 0 radical (unpaired) electrons. The summed E-state index contributed by atoms with van der Waals surface area (Å²) in [5.74, 6) is 0. The van der Waals surface area contributed by atoms with Gasteiger partial charge < -0.3 is 5.73 Å². The zero-order valence-electron chi connectivity index (χ0n) is 11.2. The Kier molecular flexibility index (Phi) is 5.31. The minimum atomic E-state index is -3.42. The van der Waals surface area contributed by atoms with Crippen LogP contribution in [0.5, 0.6) is 0 Å². The third-order valence-corrected chi connectivity index (χ3v) is 4.56. The molecule has 1 atom stereocenters. The molecule has 3 N–H and O–H groups in total. The molecule has 0 fully saturated rings. The molecule has 4 nitrogen and oxygen atoms in total. The molecule has 18 heavy (non-hydrogen) atoms. The Bertz CT molecular complexity index is 462. The Balaban J connectivity index is 2.91. The van der Waals surface area contributed by atoms with Crippen LogP contribution in [0.1, 0.15) is 45.2 Å². The summed E-state index contributed by atoms with van der Waals surface area (Å²) in [6, 6.07) is 6.61. The molecule has 0 amide bonds. The molecule has 0 aliphatic rings. The normalized spacial score (nSPS) is 13.8. The molecule has 0 saturated heterocycles. The molecule has 0 heterocycles. The van der Waals surface area contributed by atoms with Crippen LogP contribution in [0.15, 0.2) is 29.2 Å². The van der Waals surface area contributed by atoms with Crippen molar-refractivity contribution < 1.29 is 8.42 Å². The molecule has 1 aromatic carbocycles. The lowest BCUT2D eigenvalue weighted by Gasteiger charge is -2.15. The maximum absolute atomic E-state index is 12.1. The standard InChI is InChI=1S/C13H22N2O2S/c1-4-12(5-2)15-18(16,17)13-8-6-11(7-9-13)10(3)14/h6-10,12,15H,4-5,14H2,1-3H3. The topological polar surface area (TPSA) is 72.2 Å². The van der Waals surface area contributed by atoms with E-state index in [9.17, 15) is 8.42 Å². The van der Waals surface area contributed by atoms with Gasteiger partial charge in [0.1, 0.15) is 0 Å². The quantitative estimate of drug-likeness (QED) is 0.832. The summed E-state index contributed by atoms with van der Waals surface area (Å²) >= 11 is 0. The lowest BCUT2D eigenvalue weighted by molar-refractivity contribution is 0.530. The number of nitrogens with two attached hydrogens (primary N) is 1. The maximum atomic E-state index is 12.1. The highest BCUT2D eigenvalue weighted by atomic mass is 32.2. The number of hydrogen-bond acceptors (Lipinski definition) is 3. The highest BCUT2D eigenvalue weighted by Gasteiger charge is 2.17. The van der Waals surface area contributed by atoms with Gasteiger partial charge in [-0.3, -0.25) is 0 Å². The third-order valence-electron chi connectivity index (χ3n) is 3.02. The molecule has 0 aromatic heterocycles. The van der Waals surface area contributed by atoms with Gasteiger partial charge in [0.15, 0.2) is 0 Å². The smallest absolute Gasteiger partial charge is 0.240 e. The van der Waals surface area contributed by atoms with Crippen LogP contribution in [-0.2, 0) is 10.0 Å². The van der Waals surface area contributed by atoms with Gasteiger partial charge in [-0.1, -0.05) is 26.0 Å². The average Bonchev–Trinajstić information content (AvgIpc) is 2.36. The number of sulfonamides is 1. The van der Waals surface area contributed by atoms with E-state index < -0.39 is 10.0 Å². The van der Waals surface area contributed by atoms with Crippen molar-refractivity contribution in [2.45, 2.75) is 50.6 Å². The predicted molar refractivity (Wildman–Crippen MR) is 73.7 cm³/mol. The SMILES string of the molecule is CCC(CC)NS(=O)(=O)c1ccc(C(C)N)cc1. The van der Waals surface area contributed by atoms with Crippen LogP contribution >= 0.6 is 0 Å². The molecule has 1 rings (SSSR count). The second kappa shape index (κ2) is 6.31. The van der Waals surface area contributed by atoms with Gasteiger partial charge in [-0.05, 0) is 37.5 Å². The summed E-state index contributed by atoms with van der Waals surface area (Å²) in [6.45, 7) is 5.80. The van der Waals surface area contributed by atoms with Crippen LogP contribution in [0.4, 0.5) is 0 Å². The van der Waals surface area contributed by atoms with E-state index >= 15 is 0 Å². The van der Waals surface area contributed by atoms with E-state index in [-0.39, 0.29) is 12.1 Å². The first-order valence-corrected chi connectivity index (χ1v) is 7.76. The lowest BCUT2D eigenvalue weighted by Crippen LogP contribution is -2.33. The Hall–Kier alpha value is -0.910.